The van der Waals surface area contributed by atoms with Gasteiger partial charge in [0.25, 0.3) is 5.91 Å². The molecule has 21 heavy (non-hydrogen) atoms. The molecular weight excluding hydrogens is 262 g/mol. The Morgan fingerprint density at radius 1 is 1.38 bits per heavy atom. The summed E-state index contributed by atoms with van der Waals surface area (Å²) in [6.07, 6.45) is 10.3. The van der Waals surface area contributed by atoms with Crippen LogP contribution >= 0.6 is 0 Å². The van der Waals surface area contributed by atoms with Gasteiger partial charge in [-0.25, -0.2) is 4.98 Å². The predicted octanol–water partition coefficient (Wildman–Crippen LogP) is 2.60. The zero-order valence-electron chi connectivity index (χ0n) is 12.0. The normalized spacial score (nSPS) is 19.2. The van der Waals surface area contributed by atoms with Crippen LogP contribution in [-0.4, -0.2) is 21.0 Å². The first-order valence-electron chi connectivity index (χ1n) is 7.62. The van der Waals surface area contributed by atoms with E-state index in [1.807, 2.05) is 35.0 Å². The molecule has 2 aliphatic carbocycles. The number of carbonyl (C=O) groups is 1. The number of imidazole rings is 1. The Bertz CT molecular complexity index is 654. The van der Waals surface area contributed by atoms with Gasteiger partial charge in [0.05, 0.1) is 6.33 Å². The number of hydrogen-bond donors (Lipinski definition) is 1. The minimum Gasteiger partial charge on any atom is -0.346 e. The fourth-order valence-electron chi connectivity index (χ4n) is 3.11. The summed E-state index contributed by atoms with van der Waals surface area (Å²) in [7, 11) is 0. The molecule has 2 fully saturated rings. The summed E-state index contributed by atoms with van der Waals surface area (Å²) in [5.41, 5.74) is 2.02. The average molecular weight is 281 g/mol. The van der Waals surface area contributed by atoms with Crippen molar-refractivity contribution >= 4 is 5.91 Å². The van der Waals surface area contributed by atoms with Crippen molar-refractivity contribution in [3.63, 3.8) is 0 Å². The van der Waals surface area contributed by atoms with Gasteiger partial charge in [0, 0.05) is 30.0 Å². The molecule has 1 aromatic carbocycles. The van der Waals surface area contributed by atoms with E-state index < -0.39 is 0 Å². The van der Waals surface area contributed by atoms with E-state index in [2.05, 4.69) is 10.3 Å². The van der Waals surface area contributed by atoms with Crippen LogP contribution in [0, 0.1) is 5.92 Å². The number of nitrogens with one attached hydrogen (secondary N) is 1. The Kier molecular flexibility index (Phi) is 2.84. The van der Waals surface area contributed by atoms with Crippen LogP contribution < -0.4 is 5.32 Å². The van der Waals surface area contributed by atoms with Crippen molar-refractivity contribution in [1.29, 1.82) is 0 Å². The molecule has 4 heteroatoms. The van der Waals surface area contributed by atoms with Crippen LogP contribution in [0.5, 0.6) is 0 Å². The molecule has 0 radical (unpaired) electrons. The predicted molar refractivity (Wildman–Crippen MR) is 79.9 cm³/mol. The molecule has 2 aliphatic rings. The summed E-state index contributed by atoms with van der Waals surface area (Å²) < 4.78 is 2.00. The molecule has 1 aromatic heterocycles. The Morgan fingerprint density at radius 2 is 2.24 bits per heavy atom. The van der Waals surface area contributed by atoms with Crippen molar-refractivity contribution in [2.75, 3.05) is 0 Å². The number of rotatable bonds is 5. The van der Waals surface area contributed by atoms with Gasteiger partial charge in [-0.2, -0.15) is 0 Å². The van der Waals surface area contributed by atoms with E-state index in [1.54, 1.807) is 12.5 Å². The number of amides is 1. The minimum absolute atomic E-state index is 0.0758. The van der Waals surface area contributed by atoms with Crippen molar-refractivity contribution < 1.29 is 4.79 Å². The molecule has 0 saturated heterocycles. The Balaban J connectivity index is 1.48. The van der Waals surface area contributed by atoms with E-state index in [0.717, 1.165) is 36.4 Å². The van der Waals surface area contributed by atoms with E-state index in [4.69, 9.17) is 0 Å². The topological polar surface area (TPSA) is 46.9 Å². The average Bonchev–Trinajstić information content (AvgIpc) is 3.40. The fourth-order valence-corrected chi connectivity index (χ4v) is 3.11. The second-order valence-corrected chi connectivity index (χ2v) is 6.32. The molecule has 0 unspecified atom stereocenters. The maximum absolute atomic E-state index is 12.5. The minimum atomic E-state index is 0.0758. The summed E-state index contributed by atoms with van der Waals surface area (Å²) in [5.74, 6) is 0.808. The maximum Gasteiger partial charge on any atom is 0.251 e. The van der Waals surface area contributed by atoms with Gasteiger partial charge in [0.1, 0.15) is 0 Å². The van der Waals surface area contributed by atoms with Gasteiger partial charge >= 0.3 is 0 Å². The van der Waals surface area contributed by atoms with Crippen LogP contribution in [0.3, 0.4) is 0 Å². The lowest BCUT2D eigenvalue weighted by Gasteiger charge is -2.17. The highest BCUT2D eigenvalue weighted by Gasteiger charge is 2.54. The van der Waals surface area contributed by atoms with Crippen LogP contribution in [0.2, 0.25) is 0 Å². The van der Waals surface area contributed by atoms with Crippen molar-refractivity contribution in [2.24, 2.45) is 5.92 Å². The molecule has 1 amide bonds. The number of benzene rings is 1. The summed E-state index contributed by atoms with van der Waals surface area (Å²) in [5, 5.41) is 3.27. The second-order valence-electron chi connectivity index (χ2n) is 6.32. The third-order valence-electron chi connectivity index (χ3n) is 4.62. The van der Waals surface area contributed by atoms with Crippen LogP contribution in [0.4, 0.5) is 0 Å². The van der Waals surface area contributed by atoms with Crippen LogP contribution in [0.15, 0.2) is 43.0 Å². The molecule has 2 aromatic rings. The first-order valence-corrected chi connectivity index (χ1v) is 7.62. The molecule has 4 rings (SSSR count). The lowest BCUT2D eigenvalue weighted by molar-refractivity contribution is 0.0925. The van der Waals surface area contributed by atoms with Gasteiger partial charge in [-0.15, -0.1) is 0 Å². The van der Waals surface area contributed by atoms with Gasteiger partial charge in [-0.1, -0.05) is 12.1 Å². The summed E-state index contributed by atoms with van der Waals surface area (Å²) in [4.78, 5) is 16.5. The Labute approximate surface area is 124 Å². The van der Waals surface area contributed by atoms with Crippen LogP contribution in [0.1, 0.15) is 41.6 Å². The Morgan fingerprint density at radius 3 is 2.90 bits per heavy atom. The largest absolute Gasteiger partial charge is 0.346 e. The van der Waals surface area contributed by atoms with Gasteiger partial charge < -0.3 is 9.88 Å². The number of hydrogen-bond acceptors (Lipinski definition) is 2. The third kappa shape index (κ3) is 2.58. The number of aromatic nitrogens is 2. The Hall–Kier alpha value is -2.10. The van der Waals surface area contributed by atoms with E-state index in [1.165, 1.54) is 12.8 Å². The SMILES string of the molecule is O=C(NC1(C2CC2)CC1)c1cccc(Cn2ccnc2)c1. The number of carbonyl (C=O) groups excluding carboxylic acids is 1. The zero-order valence-corrected chi connectivity index (χ0v) is 12.0. The first-order chi connectivity index (χ1) is 10.3. The molecule has 0 spiro atoms. The van der Waals surface area contributed by atoms with Gasteiger partial charge in [-0.3, -0.25) is 4.79 Å². The number of nitrogens with zero attached hydrogens (tertiary/aromatic N) is 2. The quantitative estimate of drug-likeness (QED) is 0.915. The third-order valence-corrected chi connectivity index (χ3v) is 4.62. The van der Waals surface area contributed by atoms with Gasteiger partial charge in [0.15, 0.2) is 0 Å². The van der Waals surface area contributed by atoms with Crippen molar-refractivity contribution in [3.05, 3.63) is 54.1 Å². The zero-order chi connectivity index (χ0) is 14.3. The standard InChI is InChI=1S/C17H19N3O/c21-16(19-17(6-7-17)15-4-5-15)14-3-1-2-13(10-14)11-20-9-8-18-12-20/h1-3,8-10,12,15H,4-7,11H2,(H,19,21). The summed E-state index contributed by atoms with van der Waals surface area (Å²) >= 11 is 0. The lowest BCUT2D eigenvalue weighted by Crippen LogP contribution is -2.38. The van der Waals surface area contributed by atoms with Crippen LogP contribution in [0.25, 0.3) is 0 Å². The molecule has 0 atom stereocenters. The molecule has 0 aliphatic heterocycles. The summed E-state index contributed by atoms with van der Waals surface area (Å²) in [6, 6.07) is 7.89. The van der Waals surface area contributed by atoms with Crippen molar-refractivity contribution in [3.8, 4) is 0 Å². The molecule has 2 saturated carbocycles. The van der Waals surface area contributed by atoms with Gasteiger partial charge in [-0.05, 0) is 49.3 Å². The van der Waals surface area contributed by atoms with Crippen LogP contribution in [-0.2, 0) is 6.54 Å². The molecule has 0 bridgehead atoms. The molecule has 1 heterocycles. The smallest absolute Gasteiger partial charge is 0.251 e. The monoisotopic (exact) mass is 281 g/mol. The highest BCUT2D eigenvalue weighted by Crippen LogP contribution is 2.53. The second kappa shape index (κ2) is 4.72. The molecule has 4 nitrogen and oxygen atoms in total. The van der Waals surface area contributed by atoms with E-state index in [-0.39, 0.29) is 11.4 Å². The van der Waals surface area contributed by atoms with E-state index in [9.17, 15) is 4.79 Å². The fraction of sp³-hybridized carbons (Fsp3) is 0.412. The van der Waals surface area contributed by atoms with Crippen molar-refractivity contribution in [2.45, 2.75) is 37.8 Å². The molecular formula is C17H19N3O. The van der Waals surface area contributed by atoms with Gasteiger partial charge in [0.2, 0.25) is 0 Å². The highest BCUT2D eigenvalue weighted by molar-refractivity contribution is 5.95. The summed E-state index contributed by atoms with van der Waals surface area (Å²) in [6.45, 7) is 0.745. The molecule has 108 valence electrons. The highest BCUT2D eigenvalue weighted by atomic mass is 16.1. The van der Waals surface area contributed by atoms with E-state index >= 15 is 0 Å². The lowest BCUT2D eigenvalue weighted by atomic mass is 10.1. The van der Waals surface area contributed by atoms with Crippen molar-refractivity contribution in [1.82, 2.24) is 14.9 Å². The van der Waals surface area contributed by atoms with E-state index in [0.29, 0.717) is 0 Å². The first kappa shape index (κ1) is 12.6. The molecule has 1 N–H and O–H groups in total. The maximum atomic E-state index is 12.5.